The number of H-pyrrole nitrogens is 1. The number of piperidine rings is 1. The first-order valence-corrected chi connectivity index (χ1v) is 11.1. The SMILES string of the molecule is CC.CC.CC(C)(C)OC=O.CCOC(=O)C1(Cc2cn[nH]c2C)CCN(C)CC1. The molecule has 30 heavy (non-hydrogen) atoms. The number of rotatable bonds is 5. The summed E-state index contributed by atoms with van der Waals surface area (Å²) in [6.07, 6.45) is 4.26. The Hall–Kier alpha value is -1.89. The Morgan fingerprint density at radius 1 is 1.23 bits per heavy atom. The van der Waals surface area contributed by atoms with Crippen molar-refractivity contribution in [3.05, 3.63) is 17.5 Å². The minimum absolute atomic E-state index is 0.0521. The highest BCUT2D eigenvalue weighted by molar-refractivity contribution is 5.77. The van der Waals surface area contributed by atoms with Crippen LogP contribution in [0.3, 0.4) is 0 Å². The lowest BCUT2D eigenvalue weighted by molar-refractivity contribution is -0.158. The van der Waals surface area contributed by atoms with E-state index in [1.54, 1.807) is 0 Å². The molecular formula is C23H45N3O4. The van der Waals surface area contributed by atoms with Crippen LogP contribution in [-0.2, 0) is 25.5 Å². The van der Waals surface area contributed by atoms with E-state index < -0.39 is 0 Å². The first-order chi connectivity index (χ1) is 14.1. The predicted octanol–water partition coefficient (Wildman–Crippen LogP) is 4.55. The number of carbonyl (C=O) groups excluding carboxylic acids is 2. The zero-order chi connectivity index (χ0) is 23.8. The minimum Gasteiger partial charge on any atom is -0.466 e. The van der Waals surface area contributed by atoms with E-state index >= 15 is 0 Å². The Bertz CT molecular complexity index is 571. The molecule has 1 aromatic heterocycles. The van der Waals surface area contributed by atoms with Crippen molar-refractivity contribution in [2.24, 2.45) is 5.41 Å². The normalized spacial score (nSPS) is 15.1. The lowest BCUT2D eigenvalue weighted by atomic mass is 9.74. The summed E-state index contributed by atoms with van der Waals surface area (Å²) in [5, 5.41) is 6.99. The van der Waals surface area contributed by atoms with Gasteiger partial charge in [-0.1, -0.05) is 27.7 Å². The van der Waals surface area contributed by atoms with Crippen molar-refractivity contribution < 1.29 is 19.1 Å². The van der Waals surface area contributed by atoms with E-state index in [4.69, 9.17) is 4.74 Å². The van der Waals surface area contributed by atoms with Gasteiger partial charge in [0, 0.05) is 5.69 Å². The summed E-state index contributed by atoms with van der Waals surface area (Å²) in [5.74, 6) is -0.0521. The Balaban J connectivity index is 0. The van der Waals surface area contributed by atoms with Gasteiger partial charge in [-0.2, -0.15) is 5.10 Å². The molecule has 0 saturated carbocycles. The molecule has 0 aromatic carbocycles. The van der Waals surface area contributed by atoms with Crippen LogP contribution in [0.5, 0.6) is 0 Å². The molecule has 0 bridgehead atoms. The molecule has 0 atom stereocenters. The molecule has 0 spiro atoms. The fourth-order valence-electron chi connectivity index (χ4n) is 2.85. The van der Waals surface area contributed by atoms with E-state index in [2.05, 4.69) is 26.9 Å². The minimum atomic E-state index is -0.378. The number of hydrogen-bond acceptors (Lipinski definition) is 6. The fourth-order valence-corrected chi connectivity index (χ4v) is 2.85. The summed E-state index contributed by atoms with van der Waals surface area (Å²) in [6.45, 7) is 20.1. The molecule has 1 fully saturated rings. The lowest BCUT2D eigenvalue weighted by Gasteiger charge is -2.38. The standard InChI is InChI=1S/C14H23N3O2.C5H10O2.2C2H6/c1-4-19-13(18)14(5-7-17(3)8-6-14)9-12-10-15-16-11(12)2;1-5(2,3)7-4-6;2*1-2/h10H,4-9H2,1-3H3,(H,15,16);4H,1-3H3;2*1-2H3. The Morgan fingerprint density at radius 2 is 1.77 bits per heavy atom. The zero-order valence-electron chi connectivity index (χ0n) is 20.9. The lowest BCUT2D eigenvalue weighted by Crippen LogP contribution is -2.45. The summed E-state index contributed by atoms with van der Waals surface area (Å²) >= 11 is 0. The van der Waals surface area contributed by atoms with Gasteiger partial charge >= 0.3 is 5.97 Å². The molecule has 1 N–H and O–H groups in total. The maximum absolute atomic E-state index is 12.4. The Labute approximate surface area is 183 Å². The molecule has 7 heteroatoms. The highest BCUT2D eigenvalue weighted by atomic mass is 16.5. The maximum Gasteiger partial charge on any atom is 0.312 e. The van der Waals surface area contributed by atoms with Crippen molar-refractivity contribution in [3.63, 3.8) is 0 Å². The van der Waals surface area contributed by atoms with Gasteiger partial charge in [0.15, 0.2) is 0 Å². The van der Waals surface area contributed by atoms with Crippen molar-refractivity contribution in [1.29, 1.82) is 0 Å². The number of nitrogens with one attached hydrogen (secondary N) is 1. The molecule has 2 heterocycles. The smallest absolute Gasteiger partial charge is 0.312 e. The van der Waals surface area contributed by atoms with E-state index in [0.717, 1.165) is 43.6 Å². The van der Waals surface area contributed by atoms with Gasteiger partial charge in [0.1, 0.15) is 5.60 Å². The molecule has 7 nitrogen and oxygen atoms in total. The van der Waals surface area contributed by atoms with Crippen molar-refractivity contribution in [3.8, 4) is 0 Å². The molecule has 0 unspecified atom stereocenters. The van der Waals surface area contributed by atoms with Crippen molar-refractivity contribution >= 4 is 12.4 Å². The second-order valence-electron chi connectivity index (χ2n) is 7.83. The van der Waals surface area contributed by atoms with Gasteiger partial charge < -0.3 is 14.4 Å². The van der Waals surface area contributed by atoms with Crippen LogP contribution < -0.4 is 0 Å². The number of aryl methyl sites for hydroxylation is 1. The number of ether oxygens (including phenoxy) is 2. The number of likely N-dealkylation sites (tertiary alicyclic amines) is 1. The topological polar surface area (TPSA) is 84.5 Å². The number of hydrogen-bond donors (Lipinski definition) is 1. The van der Waals surface area contributed by atoms with Gasteiger partial charge in [0.05, 0.1) is 18.2 Å². The first kappa shape index (κ1) is 30.3. The van der Waals surface area contributed by atoms with Gasteiger partial charge in [-0.05, 0) is 79.6 Å². The molecule has 176 valence electrons. The largest absolute Gasteiger partial charge is 0.466 e. The Kier molecular flexibility index (Phi) is 16.0. The van der Waals surface area contributed by atoms with Crippen LogP contribution in [0.15, 0.2) is 6.20 Å². The number of esters is 1. The van der Waals surface area contributed by atoms with Gasteiger partial charge in [-0.3, -0.25) is 14.7 Å². The number of aromatic amines is 1. The summed E-state index contributed by atoms with van der Waals surface area (Å²) < 4.78 is 9.87. The van der Waals surface area contributed by atoms with Gasteiger partial charge in [-0.15, -0.1) is 0 Å². The van der Waals surface area contributed by atoms with Crippen molar-refractivity contribution in [2.75, 3.05) is 26.7 Å². The molecule has 1 aliphatic rings. The first-order valence-electron chi connectivity index (χ1n) is 11.1. The average molecular weight is 428 g/mol. The fraction of sp³-hybridized carbons (Fsp3) is 0.783. The molecule has 1 aromatic rings. The summed E-state index contributed by atoms with van der Waals surface area (Å²) in [6, 6.07) is 0. The van der Waals surface area contributed by atoms with Crippen LogP contribution in [-0.4, -0.2) is 59.9 Å². The summed E-state index contributed by atoms with van der Waals surface area (Å²) in [5.41, 5.74) is 1.47. The molecule has 1 saturated heterocycles. The highest BCUT2D eigenvalue weighted by Crippen LogP contribution is 2.36. The van der Waals surface area contributed by atoms with Crippen LogP contribution in [0.25, 0.3) is 0 Å². The van der Waals surface area contributed by atoms with Crippen LogP contribution in [0, 0.1) is 12.3 Å². The van der Waals surface area contributed by atoms with E-state index in [1.807, 2.05) is 68.5 Å². The van der Waals surface area contributed by atoms with E-state index in [1.165, 1.54) is 0 Å². The van der Waals surface area contributed by atoms with E-state index in [9.17, 15) is 9.59 Å². The molecule has 0 radical (unpaired) electrons. The van der Waals surface area contributed by atoms with Crippen molar-refractivity contribution in [1.82, 2.24) is 15.1 Å². The predicted molar refractivity (Wildman–Crippen MR) is 122 cm³/mol. The second kappa shape index (κ2) is 15.9. The molecular weight excluding hydrogens is 382 g/mol. The van der Waals surface area contributed by atoms with Gasteiger partial charge in [-0.25, -0.2) is 0 Å². The van der Waals surface area contributed by atoms with Crippen LogP contribution in [0.4, 0.5) is 0 Å². The average Bonchev–Trinajstić information content (AvgIpc) is 3.11. The third kappa shape index (κ3) is 11.3. The molecule has 2 rings (SSSR count). The monoisotopic (exact) mass is 427 g/mol. The molecule has 0 aliphatic carbocycles. The summed E-state index contributed by atoms with van der Waals surface area (Å²) in [7, 11) is 2.10. The molecule has 1 aliphatic heterocycles. The number of aromatic nitrogens is 2. The van der Waals surface area contributed by atoms with Gasteiger partial charge in [0.25, 0.3) is 6.47 Å². The molecule has 0 amide bonds. The summed E-state index contributed by atoms with van der Waals surface area (Å²) in [4.78, 5) is 24.3. The van der Waals surface area contributed by atoms with Crippen molar-refractivity contribution in [2.45, 2.75) is 87.2 Å². The zero-order valence-corrected chi connectivity index (χ0v) is 20.9. The highest BCUT2D eigenvalue weighted by Gasteiger charge is 2.42. The number of nitrogens with zero attached hydrogens (tertiary/aromatic N) is 2. The van der Waals surface area contributed by atoms with E-state index in [0.29, 0.717) is 13.1 Å². The number of carbonyl (C=O) groups is 2. The van der Waals surface area contributed by atoms with Gasteiger partial charge in [0.2, 0.25) is 0 Å². The quantitative estimate of drug-likeness (QED) is 0.548. The third-order valence-electron chi connectivity index (χ3n) is 4.52. The Morgan fingerprint density at radius 3 is 2.10 bits per heavy atom. The third-order valence-corrected chi connectivity index (χ3v) is 4.52. The second-order valence-corrected chi connectivity index (χ2v) is 7.83. The van der Waals surface area contributed by atoms with Crippen LogP contribution >= 0.6 is 0 Å². The maximum atomic E-state index is 12.4. The van der Waals surface area contributed by atoms with Crippen LogP contribution in [0.1, 0.15) is 79.5 Å². The van der Waals surface area contributed by atoms with Crippen LogP contribution in [0.2, 0.25) is 0 Å². The van der Waals surface area contributed by atoms with E-state index in [-0.39, 0.29) is 17.0 Å².